The van der Waals surface area contributed by atoms with Crippen molar-refractivity contribution >= 4 is 17.3 Å². The molecule has 1 heterocycles. The Hall–Kier alpha value is -3.88. The average molecular weight is 367 g/mol. The van der Waals surface area contributed by atoms with Gasteiger partial charge in [-0.25, -0.2) is 9.82 Å². The van der Waals surface area contributed by atoms with Crippen LogP contribution >= 0.6 is 0 Å². The zero-order chi connectivity index (χ0) is 19.4. The van der Waals surface area contributed by atoms with E-state index in [2.05, 4.69) is 20.7 Å². The summed E-state index contributed by atoms with van der Waals surface area (Å²) in [7, 11) is 0. The number of nitrogens with zero attached hydrogens (tertiary/aromatic N) is 3. The Morgan fingerprint density at radius 2 is 1.85 bits per heavy atom. The number of carbonyl (C=O) groups excluding carboxylic acids is 1. The molecule has 0 saturated carbocycles. The number of halogens is 1. The summed E-state index contributed by atoms with van der Waals surface area (Å²) in [5.41, 5.74) is 4.84. The molecule has 0 unspecified atom stereocenters. The Balaban J connectivity index is 1.69. The third kappa shape index (κ3) is 4.21. The number of aromatic amines is 1. The number of benzene rings is 2. The van der Waals surface area contributed by atoms with Crippen molar-refractivity contribution in [2.75, 3.05) is 0 Å². The number of hydrogen-bond donors (Lipinski definition) is 2. The molecule has 0 radical (unpaired) electrons. The molecule has 0 saturated heterocycles. The summed E-state index contributed by atoms with van der Waals surface area (Å²) in [6, 6.07) is 13.1. The van der Waals surface area contributed by atoms with Crippen LogP contribution < -0.4 is 5.43 Å². The first-order chi connectivity index (χ1) is 12.9. The molecule has 0 aliphatic heterocycles. The first-order valence-electron chi connectivity index (χ1n) is 7.85. The van der Waals surface area contributed by atoms with Crippen molar-refractivity contribution < 1.29 is 14.1 Å². The number of hydrazone groups is 1. The van der Waals surface area contributed by atoms with Gasteiger partial charge in [0, 0.05) is 17.7 Å². The maximum absolute atomic E-state index is 13.0. The molecule has 3 rings (SSSR count). The molecule has 27 heavy (non-hydrogen) atoms. The molecule has 0 fully saturated rings. The predicted octanol–water partition coefficient (Wildman–Crippen LogP) is 3.28. The number of hydrogen-bond acceptors (Lipinski definition) is 5. The highest BCUT2D eigenvalue weighted by molar-refractivity contribution is 6.00. The second-order valence-corrected chi connectivity index (χ2v) is 5.62. The lowest BCUT2D eigenvalue weighted by Gasteiger charge is -2.01. The van der Waals surface area contributed by atoms with Gasteiger partial charge in [-0.3, -0.25) is 20.0 Å². The van der Waals surface area contributed by atoms with E-state index in [1.165, 1.54) is 30.3 Å². The summed E-state index contributed by atoms with van der Waals surface area (Å²) in [5, 5.41) is 21.3. The van der Waals surface area contributed by atoms with Gasteiger partial charge >= 0.3 is 0 Å². The lowest BCUT2D eigenvalue weighted by atomic mass is 10.1. The summed E-state index contributed by atoms with van der Waals surface area (Å²) in [6.45, 7) is 1.67. The Morgan fingerprint density at radius 1 is 1.19 bits per heavy atom. The fourth-order valence-corrected chi connectivity index (χ4v) is 2.29. The molecule has 3 aromatic rings. The van der Waals surface area contributed by atoms with Gasteiger partial charge < -0.3 is 0 Å². The zero-order valence-corrected chi connectivity index (χ0v) is 14.1. The Bertz CT molecular complexity index is 1010. The van der Waals surface area contributed by atoms with Gasteiger partial charge in [-0.15, -0.1) is 0 Å². The van der Waals surface area contributed by atoms with E-state index in [0.717, 1.165) is 0 Å². The van der Waals surface area contributed by atoms with Crippen LogP contribution in [0.15, 0.2) is 59.7 Å². The molecular formula is C18H14FN5O3. The molecule has 2 aromatic carbocycles. The highest BCUT2D eigenvalue weighted by Gasteiger charge is 2.11. The van der Waals surface area contributed by atoms with E-state index >= 15 is 0 Å². The summed E-state index contributed by atoms with van der Waals surface area (Å²) in [5.74, 6) is -0.861. The van der Waals surface area contributed by atoms with Crippen LogP contribution in [-0.4, -0.2) is 26.7 Å². The van der Waals surface area contributed by atoms with Gasteiger partial charge in [0.15, 0.2) is 0 Å². The van der Waals surface area contributed by atoms with Crippen molar-refractivity contribution in [3.05, 3.63) is 81.8 Å². The lowest BCUT2D eigenvalue weighted by molar-refractivity contribution is -0.384. The molecule has 136 valence electrons. The highest BCUT2D eigenvalue weighted by Crippen LogP contribution is 2.18. The quantitative estimate of drug-likeness (QED) is 0.409. The summed E-state index contributed by atoms with van der Waals surface area (Å²) in [4.78, 5) is 22.4. The number of non-ortho nitro benzene ring substituents is 1. The Kier molecular flexibility index (Phi) is 5.02. The minimum absolute atomic E-state index is 0.0265. The van der Waals surface area contributed by atoms with E-state index in [0.29, 0.717) is 22.5 Å². The second kappa shape index (κ2) is 7.56. The third-order valence-electron chi connectivity index (χ3n) is 3.78. The minimum Gasteiger partial charge on any atom is -0.272 e. The Labute approximate surface area is 152 Å². The fourth-order valence-electron chi connectivity index (χ4n) is 2.29. The number of amides is 1. The molecule has 0 spiro atoms. The van der Waals surface area contributed by atoms with Crippen LogP contribution in [-0.2, 0) is 0 Å². The minimum atomic E-state index is -0.503. The SMILES string of the molecule is C/C(=N\NC(=O)c1cc(-c2ccc(F)cc2)n[nH]1)c1ccc([N+](=O)[O-])cc1. The molecule has 8 nitrogen and oxygen atoms in total. The van der Waals surface area contributed by atoms with Gasteiger partial charge in [0.25, 0.3) is 11.6 Å². The van der Waals surface area contributed by atoms with Crippen molar-refractivity contribution in [2.45, 2.75) is 6.92 Å². The summed E-state index contributed by atoms with van der Waals surface area (Å²) < 4.78 is 13.0. The van der Waals surface area contributed by atoms with E-state index < -0.39 is 10.8 Å². The van der Waals surface area contributed by atoms with Crippen LogP contribution in [0.1, 0.15) is 23.0 Å². The fraction of sp³-hybridized carbons (Fsp3) is 0.0556. The first-order valence-corrected chi connectivity index (χ1v) is 7.85. The highest BCUT2D eigenvalue weighted by atomic mass is 19.1. The first kappa shape index (κ1) is 17.9. The maximum atomic E-state index is 13.0. The molecule has 1 amide bonds. The maximum Gasteiger partial charge on any atom is 0.289 e. The normalized spacial score (nSPS) is 11.3. The molecule has 2 N–H and O–H groups in total. The van der Waals surface area contributed by atoms with Crippen LogP contribution in [0.25, 0.3) is 11.3 Å². The second-order valence-electron chi connectivity index (χ2n) is 5.62. The van der Waals surface area contributed by atoms with Gasteiger partial charge in [0.05, 0.1) is 16.3 Å². The van der Waals surface area contributed by atoms with Gasteiger partial charge in [0.1, 0.15) is 11.5 Å². The van der Waals surface area contributed by atoms with E-state index in [-0.39, 0.29) is 17.2 Å². The van der Waals surface area contributed by atoms with Crippen LogP contribution in [0.4, 0.5) is 10.1 Å². The van der Waals surface area contributed by atoms with Crippen LogP contribution in [0, 0.1) is 15.9 Å². The number of nitro benzene ring substituents is 1. The number of nitro groups is 1. The topological polar surface area (TPSA) is 113 Å². The third-order valence-corrected chi connectivity index (χ3v) is 3.78. The van der Waals surface area contributed by atoms with Gasteiger partial charge in [-0.05, 0) is 55.0 Å². The van der Waals surface area contributed by atoms with Crippen molar-refractivity contribution in [2.24, 2.45) is 5.10 Å². The number of aromatic nitrogens is 2. The molecular weight excluding hydrogens is 353 g/mol. The molecule has 0 aliphatic carbocycles. The number of H-pyrrole nitrogens is 1. The summed E-state index contributed by atoms with van der Waals surface area (Å²) >= 11 is 0. The summed E-state index contributed by atoms with van der Waals surface area (Å²) in [6.07, 6.45) is 0. The molecule has 0 bridgehead atoms. The van der Waals surface area contributed by atoms with Gasteiger partial charge in [-0.1, -0.05) is 0 Å². The van der Waals surface area contributed by atoms with E-state index in [4.69, 9.17) is 0 Å². The van der Waals surface area contributed by atoms with Gasteiger partial charge in [0.2, 0.25) is 0 Å². The number of nitrogens with one attached hydrogen (secondary N) is 2. The van der Waals surface area contributed by atoms with E-state index in [9.17, 15) is 19.3 Å². The smallest absolute Gasteiger partial charge is 0.272 e. The molecule has 0 atom stereocenters. The largest absolute Gasteiger partial charge is 0.289 e. The number of rotatable bonds is 5. The van der Waals surface area contributed by atoms with Crippen LogP contribution in [0.5, 0.6) is 0 Å². The van der Waals surface area contributed by atoms with Crippen LogP contribution in [0.2, 0.25) is 0 Å². The molecule has 0 aliphatic rings. The van der Waals surface area contributed by atoms with Gasteiger partial charge in [-0.2, -0.15) is 10.2 Å². The monoisotopic (exact) mass is 367 g/mol. The molecule has 1 aromatic heterocycles. The molecule has 9 heteroatoms. The standard InChI is InChI=1S/C18H14FN5O3/c1-11(12-4-8-15(9-5-12)24(26)27)20-23-18(25)17-10-16(21-22-17)13-2-6-14(19)7-3-13/h2-10H,1H3,(H,21,22)(H,23,25)/b20-11+. The lowest BCUT2D eigenvalue weighted by Crippen LogP contribution is -2.19. The Morgan fingerprint density at radius 3 is 2.48 bits per heavy atom. The van der Waals surface area contributed by atoms with E-state index in [1.807, 2.05) is 0 Å². The van der Waals surface area contributed by atoms with Crippen molar-refractivity contribution in [3.8, 4) is 11.3 Å². The average Bonchev–Trinajstić information content (AvgIpc) is 3.16. The van der Waals surface area contributed by atoms with Crippen molar-refractivity contribution in [1.82, 2.24) is 15.6 Å². The van der Waals surface area contributed by atoms with Crippen molar-refractivity contribution in [3.63, 3.8) is 0 Å². The number of carbonyl (C=O) groups is 1. The zero-order valence-electron chi connectivity index (χ0n) is 14.1. The van der Waals surface area contributed by atoms with E-state index in [1.54, 1.807) is 31.2 Å². The van der Waals surface area contributed by atoms with Crippen LogP contribution in [0.3, 0.4) is 0 Å². The predicted molar refractivity (Wildman–Crippen MR) is 96.8 cm³/mol. The van der Waals surface area contributed by atoms with Crippen molar-refractivity contribution in [1.29, 1.82) is 0 Å².